The van der Waals surface area contributed by atoms with Crippen LogP contribution in [0, 0.1) is 12.7 Å². The Kier molecular flexibility index (Phi) is 3.28. The second-order valence-electron chi connectivity index (χ2n) is 3.96. The van der Waals surface area contributed by atoms with Crippen molar-refractivity contribution in [3.8, 4) is 5.75 Å². The van der Waals surface area contributed by atoms with Gasteiger partial charge in [-0.3, -0.25) is 0 Å². The number of ether oxygens (including phenoxy) is 1. The van der Waals surface area contributed by atoms with E-state index in [0.717, 1.165) is 5.56 Å². The van der Waals surface area contributed by atoms with Crippen molar-refractivity contribution in [1.29, 1.82) is 0 Å². The van der Waals surface area contributed by atoms with Crippen molar-refractivity contribution in [2.45, 2.75) is 13.5 Å². The van der Waals surface area contributed by atoms with Crippen LogP contribution in [0.5, 0.6) is 5.75 Å². The van der Waals surface area contributed by atoms with Gasteiger partial charge in [-0.15, -0.1) is 0 Å². The van der Waals surface area contributed by atoms with E-state index >= 15 is 0 Å². The van der Waals surface area contributed by atoms with Gasteiger partial charge in [0.15, 0.2) is 0 Å². The minimum Gasteiger partial charge on any atom is -0.489 e. The van der Waals surface area contributed by atoms with Gasteiger partial charge in [0.2, 0.25) is 0 Å². The fourth-order valence-electron chi connectivity index (χ4n) is 1.57. The van der Waals surface area contributed by atoms with E-state index in [9.17, 15) is 4.39 Å². The second kappa shape index (κ2) is 4.87. The highest BCUT2D eigenvalue weighted by Crippen LogP contribution is 2.19. The number of hydrogen-bond acceptors (Lipinski definition) is 2. The summed E-state index contributed by atoms with van der Waals surface area (Å²) in [4.78, 5) is 0. The second-order valence-corrected chi connectivity index (χ2v) is 3.96. The smallest absolute Gasteiger partial charge is 0.149 e. The molecule has 88 valence electrons. The van der Waals surface area contributed by atoms with E-state index in [1.54, 1.807) is 6.07 Å². The van der Waals surface area contributed by atoms with E-state index in [2.05, 4.69) is 0 Å². The summed E-state index contributed by atoms with van der Waals surface area (Å²) in [5, 5.41) is 0. The first-order chi connectivity index (χ1) is 8.15. The molecule has 2 nitrogen and oxygen atoms in total. The molecule has 0 aliphatic rings. The number of benzene rings is 2. The lowest BCUT2D eigenvalue weighted by atomic mass is 10.1. The molecule has 0 bridgehead atoms. The number of halogens is 1. The standard InChI is InChI=1S/C14H14FNO/c1-10-3-2-4-11(7-10)9-17-12-5-6-14(16)13(15)8-12/h2-8H,9,16H2,1H3. The highest BCUT2D eigenvalue weighted by molar-refractivity contribution is 5.43. The fourth-order valence-corrected chi connectivity index (χ4v) is 1.57. The van der Waals surface area contributed by atoms with E-state index in [1.165, 1.54) is 17.7 Å². The molecule has 0 aliphatic carbocycles. The van der Waals surface area contributed by atoms with Gasteiger partial charge >= 0.3 is 0 Å². The molecular weight excluding hydrogens is 217 g/mol. The SMILES string of the molecule is Cc1cccc(COc2ccc(N)c(F)c2)c1. The first-order valence-electron chi connectivity index (χ1n) is 5.38. The van der Waals surface area contributed by atoms with Crippen LogP contribution in [0.3, 0.4) is 0 Å². The van der Waals surface area contributed by atoms with Crippen LogP contribution in [-0.2, 0) is 6.61 Å². The van der Waals surface area contributed by atoms with Crippen LogP contribution in [0.25, 0.3) is 0 Å². The largest absolute Gasteiger partial charge is 0.489 e. The predicted octanol–water partition coefficient (Wildman–Crippen LogP) is 3.30. The Morgan fingerprint density at radius 2 is 2.00 bits per heavy atom. The molecule has 2 rings (SSSR count). The number of nitrogen functional groups attached to an aromatic ring is 1. The molecule has 0 radical (unpaired) electrons. The number of aryl methyl sites for hydroxylation is 1. The Bertz CT molecular complexity index is 525. The average Bonchev–Trinajstić information content (AvgIpc) is 2.31. The molecule has 0 amide bonds. The Morgan fingerprint density at radius 1 is 1.18 bits per heavy atom. The van der Waals surface area contributed by atoms with E-state index in [4.69, 9.17) is 10.5 Å². The van der Waals surface area contributed by atoms with Gasteiger partial charge in [0.25, 0.3) is 0 Å². The highest BCUT2D eigenvalue weighted by Gasteiger charge is 2.01. The van der Waals surface area contributed by atoms with Gasteiger partial charge in [-0.2, -0.15) is 0 Å². The Balaban J connectivity index is 2.05. The van der Waals surface area contributed by atoms with Crippen LogP contribution < -0.4 is 10.5 Å². The summed E-state index contributed by atoms with van der Waals surface area (Å²) >= 11 is 0. The summed E-state index contributed by atoms with van der Waals surface area (Å²) in [7, 11) is 0. The van der Waals surface area contributed by atoms with Gasteiger partial charge in [-0.1, -0.05) is 29.8 Å². The Morgan fingerprint density at radius 3 is 2.71 bits per heavy atom. The monoisotopic (exact) mass is 231 g/mol. The average molecular weight is 231 g/mol. The molecule has 0 fully saturated rings. The summed E-state index contributed by atoms with van der Waals surface area (Å²) in [6, 6.07) is 12.5. The topological polar surface area (TPSA) is 35.2 Å². The molecule has 0 unspecified atom stereocenters. The van der Waals surface area contributed by atoms with Gasteiger partial charge in [0.05, 0.1) is 5.69 Å². The van der Waals surface area contributed by atoms with Crippen LogP contribution in [0.15, 0.2) is 42.5 Å². The van der Waals surface area contributed by atoms with Crippen molar-refractivity contribution >= 4 is 5.69 Å². The lowest BCUT2D eigenvalue weighted by molar-refractivity contribution is 0.304. The predicted molar refractivity (Wildman–Crippen MR) is 66.3 cm³/mol. The Labute approximate surface area is 99.8 Å². The van der Waals surface area contributed by atoms with Crippen molar-refractivity contribution < 1.29 is 9.13 Å². The molecule has 2 aromatic carbocycles. The van der Waals surface area contributed by atoms with Gasteiger partial charge in [-0.05, 0) is 24.6 Å². The Hall–Kier alpha value is -2.03. The van der Waals surface area contributed by atoms with Crippen LogP contribution in [0.2, 0.25) is 0 Å². The van der Waals surface area contributed by atoms with Gasteiger partial charge < -0.3 is 10.5 Å². The quantitative estimate of drug-likeness (QED) is 0.822. The fraction of sp³-hybridized carbons (Fsp3) is 0.143. The van der Waals surface area contributed by atoms with Crippen molar-refractivity contribution in [3.05, 3.63) is 59.4 Å². The zero-order chi connectivity index (χ0) is 12.3. The van der Waals surface area contributed by atoms with E-state index in [0.29, 0.717) is 12.4 Å². The first kappa shape index (κ1) is 11.5. The maximum Gasteiger partial charge on any atom is 0.149 e. The van der Waals surface area contributed by atoms with Crippen molar-refractivity contribution in [1.82, 2.24) is 0 Å². The summed E-state index contributed by atoms with van der Waals surface area (Å²) < 4.78 is 18.7. The molecule has 0 atom stereocenters. The summed E-state index contributed by atoms with van der Waals surface area (Å²) in [5.41, 5.74) is 7.75. The third-order valence-electron chi connectivity index (χ3n) is 2.46. The lowest BCUT2D eigenvalue weighted by Gasteiger charge is -2.07. The van der Waals surface area contributed by atoms with Gasteiger partial charge in [0.1, 0.15) is 18.2 Å². The first-order valence-corrected chi connectivity index (χ1v) is 5.38. The maximum absolute atomic E-state index is 13.2. The van der Waals surface area contributed by atoms with E-state index < -0.39 is 5.82 Å². The normalized spacial score (nSPS) is 10.2. The van der Waals surface area contributed by atoms with Crippen molar-refractivity contribution in [3.63, 3.8) is 0 Å². The third-order valence-corrected chi connectivity index (χ3v) is 2.46. The molecule has 0 aliphatic heterocycles. The molecule has 3 heteroatoms. The molecule has 2 N–H and O–H groups in total. The number of nitrogens with two attached hydrogens (primary N) is 1. The molecular formula is C14H14FNO. The molecule has 0 aromatic heterocycles. The van der Waals surface area contributed by atoms with Crippen LogP contribution in [-0.4, -0.2) is 0 Å². The van der Waals surface area contributed by atoms with Crippen LogP contribution in [0.4, 0.5) is 10.1 Å². The molecule has 2 aromatic rings. The number of rotatable bonds is 3. The van der Waals surface area contributed by atoms with E-state index in [1.807, 2.05) is 31.2 Å². The minimum absolute atomic E-state index is 0.132. The highest BCUT2D eigenvalue weighted by atomic mass is 19.1. The number of hydrogen-bond donors (Lipinski definition) is 1. The molecule has 0 saturated carbocycles. The molecule has 17 heavy (non-hydrogen) atoms. The third kappa shape index (κ3) is 2.97. The lowest BCUT2D eigenvalue weighted by Crippen LogP contribution is -1.97. The van der Waals surface area contributed by atoms with E-state index in [-0.39, 0.29) is 5.69 Å². The van der Waals surface area contributed by atoms with Crippen LogP contribution in [0.1, 0.15) is 11.1 Å². The van der Waals surface area contributed by atoms with Crippen molar-refractivity contribution in [2.24, 2.45) is 0 Å². The zero-order valence-electron chi connectivity index (χ0n) is 9.61. The molecule has 0 heterocycles. The van der Waals surface area contributed by atoms with Crippen LogP contribution >= 0.6 is 0 Å². The van der Waals surface area contributed by atoms with Gasteiger partial charge in [-0.25, -0.2) is 4.39 Å². The minimum atomic E-state index is -0.452. The summed E-state index contributed by atoms with van der Waals surface area (Å²) in [5.74, 6) is 0.0324. The summed E-state index contributed by atoms with van der Waals surface area (Å²) in [6.45, 7) is 2.44. The maximum atomic E-state index is 13.2. The summed E-state index contributed by atoms with van der Waals surface area (Å²) in [6.07, 6.45) is 0. The van der Waals surface area contributed by atoms with Gasteiger partial charge in [0, 0.05) is 6.07 Å². The number of anilines is 1. The molecule has 0 saturated heterocycles. The van der Waals surface area contributed by atoms with Crippen molar-refractivity contribution in [2.75, 3.05) is 5.73 Å². The zero-order valence-corrected chi connectivity index (χ0v) is 9.61. The molecule has 0 spiro atoms.